The molecule has 1 fully saturated rings. The van der Waals surface area contributed by atoms with Gasteiger partial charge in [-0.1, -0.05) is 6.07 Å². The van der Waals surface area contributed by atoms with E-state index in [-0.39, 0.29) is 0 Å². The van der Waals surface area contributed by atoms with Crippen LogP contribution in [0.4, 0.5) is 5.95 Å². The average Bonchev–Trinajstić information content (AvgIpc) is 2.79. The number of hydrogen-bond donors (Lipinski definition) is 1. The standard InChI is InChI=1S/C13H18N4O/c1-10-5-6-12-15-13(16-17(12)9-10)14-8-11-4-2-3-7-18-11/h5-6,9,11H,2-4,7-8H2,1H3,(H,14,16). The number of nitrogens with zero attached hydrogens (tertiary/aromatic N) is 3. The highest BCUT2D eigenvalue weighted by Gasteiger charge is 2.14. The van der Waals surface area contributed by atoms with Gasteiger partial charge in [-0.3, -0.25) is 0 Å². The van der Waals surface area contributed by atoms with Crippen molar-refractivity contribution < 1.29 is 4.74 Å². The number of ether oxygens (including phenoxy) is 1. The van der Waals surface area contributed by atoms with Crippen LogP contribution in [-0.4, -0.2) is 33.9 Å². The number of rotatable bonds is 3. The molecular formula is C13H18N4O. The van der Waals surface area contributed by atoms with E-state index in [9.17, 15) is 0 Å². The van der Waals surface area contributed by atoms with Crippen LogP contribution in [-0.2, 0) is 4.74 Å². The Bertz CT molecular complexity index is 531. The molecule has 1 N–H and O–H groups in total. The van der Waals surface area contributed by atoms with E-state index in [0.717, 1.165) is 25.2 Å². The molecule has 96 valence electrons. The van der Waals surface area contributed by atoms with Gasteiger partial charge in [-0.15, -0.1) is 5.10 Å². The fourth-order valence-electron chi connectivity index (χ4n) is 2.23. The van der Waals surface area contributed by atoms with Gasteiger partial charge in [-0.25, -0.2) is 4.52 Å². The third-order valence-electron chi connectivity index (χ3n) is 3.24. The van der Waals surface area contributed by atoms with E-state index in [2.05, 4.69) is 15.4 Å². The molecule has 2 aromatic heterocycles. The first-order valence-electron chi connectivity index (χ1n) is 6.50. The third-order valence-corrected chi connectivity index (χ3v) is 3.24. The summed E-state index contributed by atoms with van der Waals surface area (Å²) in [5, 5.41) is 7.65. The van der Waals surface area contributed by atoms with Crippen molar-refractivity contribution in [1.29, 1.82) is 0 Å². The monoisotopic (exact) mass is 246 g/mol. The zero-order chi connectivity index (χ0) is 12.4. The molecule has 1 aliphatic rings. The Labute approximate surface area is 106 Å². The zero-order valence-corrected chi connectivity index (χ0v) is 10.6. The van der Waals surface area contributed by atoms with Crippen molar-refractivity contribution >= 4 is 11.6 Å². The molecule has 0 radical (unpaired) electrons. The van der Waals surface area contributed by atoms with Crippen LogP contribution in [0.3, 0.4) is 0 Å². The molecule has 0 saturated carbocycles. The predicted molar refractivity (Wildman–Crippen MR) is 69.8 cm³/mol. The summed E-state index contributed by atoms with van der Waals surface area (Å²) < 4.78 is 7.47. The topological polar surface area (TPSA) is 51.5 Å². The highest BCUT2D eigenvalue weighted by Crippen LogP contribution is 2.13. The highest BCUT2D eigenvalue weighted by atomic mass is 16.5. The van der Waals surface area contributed by atoms with Gasteiger partial charge in [0, 0.05) is 19.3 Å². The van der Waals surface area contributed by atoms with Gasteiger partial charge < -0.3 is 10.1 Å². The number of fused-ring (bicyclic) bond motifs is 1. The highest BCUT2D eigenvalue weighted by molar-refractivity contribution is 5.44. The lowest BCUT2D eigenvalue weighted by molar-refractivity contribution is 0.0247. The molecule has 2 aromatic rings. The molecule has 1 saturated heterocycles. The van der Waals surface area contributed by atoms with E-state index in [4.69, 9.17) is 4.74 Å². The van der Waals surface area contributed by atoms with Gasteiger partial charge in [0.2, 0.25) is 5.95 Å². The van der Waals surface area contributed by atoms with Gasteiger partial charge in [0.15, 0.2) is 5.65 Å². The van der Waals surface area contributed by atoms with Crippen molar-refractivity contribution in [3.63, 3.8) is 0 Å². The first-order chi connectivity index (χ1) is 8.81. The van der Waals surface area contributed by atoms with Gasteiger partial charge in [0.1, 0.15) is 0 Å². The molecule has 0 spiro atoms. The van der Waals surface area contributed by atoms with Crippen molar-refractivity contribution in [2.45, 2.75) is 32.3 Å². The fourth-order valence-corrected chi connectivity index (χ4v) is 2.23. The lowest BCUT2D eigenvalue weighted by Gasteiger charge is -2.22. The summed E-state index contributed by atoms with van der Waals surface area (Å²) in [6, 6.07) is 4.02. The van der Waals surface area contributed by atoms with Crippen molar-refractivity contribution in [3.8, 4) is 0 Å². The molecule has 0 bridgehead atoms. The first-order valence-corrected chi connectivity index (χ1v) is 6.50. The zero-order valence-electron chi connectivity index (χ0n) is 10.6. The maximum atomic E-state index is 5.67. The number of nitrogens with one attached hydrogen (secondary N) is 1. The van der Waals surface area contributed by atoms with Crippen LogP contribution in [0, 0.1) is 6.92 Å². The normalized spacial score (nSPS) is 20.2. The lowest BCUT2D eigenvalue weighted by Crippen LogP contribution is -2.27. The van der Waals surface area contributed by atoms with Crippen LogP contribution in [0.15, 0.2) is 18.3 Å². The SMILES string of the molecule is Cc1ccc2nc(NCC3CCCCO3)nn2c1. The quantitative estimate of drug-likeness (QED) is 0.900. The van der Waals surface area contributed by atoms with Gasteiger partial charge in [0.05, 0.1) is 6.10 Å². The summed E-state index contributed by atoms with van der Waals surface area (Å²) in [4.78, 5) is 4.42. The number of aromatic nitrogens is 3. The minimum absolute atomic E-state index is 0.298. The Balaban J connectivity index is 1.67. The number of hydrogen-bond acceptors (Lipinski definition) is 4. The number of pyridine rings is 1. The summed E-state index contributed by atoms with van der Waals surface area (Å²) in [6.07, 6.45) is 5.84. The van der Waals surface area contributed by atoms with Crippen LogP contribution in [0.5, 0.6) is 0 Å². The van der Waals surface area contributed by atoms with E-state index >= 15 is 0 Å². The number of aryl methyl sites for hydroxylation is 1. The van der Waals surface area contributed by atoms with Crippen molar-refractivity contribution in [2.75, 3.05) is 18.5 Å². The Morgan fingerprint density at radius 2 is 2.39 bits per heavy atom. The maximum absolute atomic E-state index is 5.67. The lowest BCUT2D eigenvalue weighted by atomic mass is 10.1. The molecule has 0 aliphatic carbocycles. The molecule has 18 heavy (non-hydrogen) atoms. The third kappa shape index (κ3) is 2.46. The number of anilines is 1. The Morgan fingerprint density at radius 1 is 1.44 bits per heavy atom. The average molecular weight is 246 g/mol. The molecule has 1 atom stereocenters. The fraction of sp³-hybridized carbons (Fsp3) is 0.538. The van der Waals surface area contributed by atoms with Crippen LogP contribution in [0.2, 0.25) is 0 Å². The molecule has 0 aromatic carbocycles. The van der Waals surface area contributed by atoms with Gasteiger partial charge in [-0.2, -0.15) is 4.98 Å². The van der Waals surface area contributed by atoms with Gasteiger partial charge in [-0.05, 0) is 37.8 Å². The van der Waals surface area contributed by atoms with Crippen molar-refractivity contribution in [3.05, 3.63) is 23.9 Å². The van der Waals surface area contributed by atoms with Crippen LogP contribution in [0.1, 0.15) is 24.8 Å². The molecular weight excluding hydrogens is 228 g/mol. The molecule has 3 rings (SSSR count). The predicted octanol–water partition coefficient (Wildman–Crippen LogP) is 2.02. The van der Waals surface area contributed by atoms with Gasteiger partial charge in [0.25, 0.3) is 0 Å². The van der Waals surface area contributed by atoms with E-state index in [1.807, 2.05) is 25.3 Å². The van der Waals surface area contributed by atoms with E-state index in [1.165, 1.54) is 18.4 Å². The molecule has 1 unspecified atom stereocenters. The van der Waals surface area contributed by atoms with E-state index in [1.54, 1.807) is 4.52 Å². The molecule has 5 heteroatoms. The second-order valence-electron chi connectivity index (χ2n) is 4.81. The Kier molecular flexibility index (Phi) is 3.15. The first kappa shape index (κ1) is 11.5. The summed E-state index contributed by atoms with van der Waals surface area (Å²) in [5.41, 5.74) is 2.04. The van der Waals surface area contributed by atoms with Crippen LogP contribution >= 0.6 is 0 Å². The van der Waals surface area contributed by atoms with Crippen LogP contribution in [0.25, 0.3) is 5.65 Å². The molecule has 3 heterocycles. The smallest absolute Gasteiger partial charge is 0.243 e. The second-order valence-corrected chi connectivity index (χ2v) is 4.81. The summed E-state index contributed by atoms with van der Waals surface area (Å²) in [5.74, 6) is 0.676. The second kappa shape index (κ2) is 4.94. The summed E-state index contributed by atoms with van der Waals surface area (Å²) in [6.45, 7) is 3.71. The van der Waals surface area contributed by atoms with Crippen LogP contribution < -0.4 is 5.32 Å². The maximum Gasteiger partial charge on any atom is 0.243 e. The van der Waals surface area contributed by atoms with E-state index in [0.29, 0.717) is 12.1 Å². The van der Waals surface area contributed by atoms with Gasteiger partial charge >= 0.3 is 0 Å². The van der Waals surface area contributed by atoms with E-state index < -0.39 is 0 Å². The molecule has 5 nitrogen and oxygen atoms in total. The summed E-state index contributed by atoms with van der Waals surface area (Å²) >= 11 is 0. The van der Waals surface area contributed by atoms with Crippen molar-refractivity contribution in [1.82, 2.24) is 14.6 Å². The Hall–Kier alpha value is -1.62. The largest absolute Gasteiger partial charge is 0.376 e. The minimum atomic E-state index is 0.298. The van der Waals surface area contributed by atoms with Crippen molar-refractivity contribution in [2.24, 2.45) is 0 Å². The molecule has 0 amide bonds. The molecule has 1 aliphatic heterocycles. The minimum Gasteiger partial charge on any atom is -0.376 e. The summed E-state index contributed by atoms with van der Waals surface area (Å²) in [7, 11) is 0. The Morgan fingerprint density at radius 3 is 3.22 bits per heavy atom.